The maximum atomic E-state index is 14.0. The summed E-state index contributed by atoms with van der Waals surface area (Å²) in [6.45, 7) is 1.81. The van der Waals surface area contributed by atoms with Crippen molar-refractivity contribution in [2.75, 3.05) is 5.32 Å². The molecule has 0 aliphatic heterocycles. The molecule has 0 aliphatic carbocycles. The van der Waals surface area contributed by atoms with Crippen LogP contribution in [0.15, 0.2) is 77.3 Å². The molecule has 4 aromatic rings. The maximum absolute atomic E-state index is 14.0. The number of carbonyl (C=O) groups excluding carboxylic acids is 1. The van der Waals surface area contributed by atoms with Crippen molar-refractivity contribution in [2.24, 2.45) is 0 Å². The van der Waals surface area contributed by atoms with Crippen molar-refractivity contribution in [1.29, 1.82) is 0 Å². The highest BCUT2D eigenvalue weighted by Crippen LogP contribution is 2.29. The Balaban J connectivity index is 1.66. The van der Waals surface area contributed by atoms with E-state index >= 15 is 0 Å². The molecule has 0 radical (unpaired) electrons. The molecule has 0 saturated heterocycles. The fraction of sp³-hybridized carbons (Fsp3) is 0.0435. The minimum Gasteiger partial charge on any atom is -0.436 e. The van der Waals surface area contributed by atoms with Crippen molar-refractivity contribution >= 4 is 11.6 Å². The number of benzene rings is 3. The largest absolute Gasteiger partial charge is 0.436 e. The number of amides is 1. The van der Waals surface area contributed by atoms with Gasteiger partial charge in [-0.2, -0.15) is 0 Å². The molecule has 0 aliphatic rings. The van der Waals surface area contributed by atoms with Crippen LogP contribution in [0.3, 0.4) is 0 Å². The first-order chi connectivity index (χ1) is 14.0. The molecule has 1 aromatic heterocycles. The Morgan fingerprint density at radius 2 is 1.76 bits per heavy atom. The normalized spacial score (nSPS) is 10.7. The summed E-state index contributed by atoms with van der Waals surface area (Å²) < 4.78 is 32.9. The summed E-state index contributed by atoms with van der Waals surface area (Å²) >= 11 is 0. The number of anilines is 1. The highest BCUT2D eigenvalue weighted by Gasteiger charge is 2.18. The second kappa shape index (κ2) is 7.67. The number of nitrogens with zero attached hydrogens (tertiary/aromatic N) is 1. The monoisotopic (exact) mass is 390 g/mol. The van der Waals surface area contributed by atoms with E-state index in [2.05, 4.69) is 10.3 Å². The van der Waals surface area contributed by atoms with E-state index in [-0.39, 0.29) is 17.4 Å². The topological polar surface area (TPSA) is 55.1 Å². The molecule has 0 spiro atoms. The second-order valence-corrected chi connectivity index (χ2v) is 6.52. The number of nitrogens with one attached hydrogen (secondary N) is 1. The number of hydrogen-bond donors (Lipinski definition) is 1. The first-order valence-corrected chi connectivity index (χ1v) is 8.90. The molecule has 0 fully saturated rings. The molecule has 0 bridgehead atoms. The number of hydrogen-bond acceptors (Lipinski definition) is 3. The molecular weight excluding hydrogens is 374 g/mol. The number of oxazole rings is 1. The highest BCUT2D eigenvalue weighted by molar-refractivity contribution is 6.08. The molecule has 4 nitrogen and oxygen atoms in total. The molecule has 0 saturated carbocycles. The van der Waals surface area contributed by atoms with E-state index in [4.69, 9.17) is 4.42 Å². The summed E-state index contributed by atoms with van der Waals surface area (Å²) in [6.07, 6.45) is 1.51. The van der Waals surface area contributed by atoms with Crippen LogP contribution in [0.1, 0.15) is 15.9 Å². The lowest BCUT2D eigenvalue weighted by Crippen LogP contribution is -2.14. The third-order valence-electron chi connectivity index (χ3n) is 4.41. The summed E-state index contributed by atoms with van der Waals surface area (Å²) in [6, 6.07) is 17.1. The van der Waals surface area contributed by atoms with Gasteiger partial charge in [0.15, 0.2) is 5.76 Å². The Morgan fingerprint density at radius 3 is 2.55 bits per heavy atom. The molecule has 4 rings (SSSR count). The summed E-state index contributed by atoms with van der Waals surface area (Å²) in [5.74, 6) is -0.665. The summed E-state index contributed by atoms with van der Waals surface area (Å²) in [5, 5.41) is 2.60. The number of carbonyl (C=O) groups is 1. The maximum Gasteiger partial charge on any atom is 0.256 e. The SMILES string of the molecule is Cc1ccc(F)c(NC(=O)c2ccccc2-c2ncc(-c3ccc(F)cc3)o2)c1. The fourth-order valence-electron chi connectivity index (χ4n) is 2.94. The van der Waals surface area contributed by atoms with Crippen molar-refractivity contribution in [3.05, 3.63) is 95.7 Å². The van der Waals surface area contributed by atoms with Crippen LogP contribution in [0, 0.1) is 18.6 Å². The van der Waals surface area contributed by atoms with Crippen LogP contribution in [0.25, 0.3) is 22.8 Å². The van der Waals surface area contributed by atoms with E-state index in [9.17, 15) is 13.6 Å². The lowest BCUT2D eigenvalue weighted by Gasteiger charge is -2.09. The molecule has 3 aromatic carbocycles. The van der Waals surface area contributed by atoms with Crippen molar-refractivity contribution in [1.82, 2.24) is 4.98 Å². The van der Waals surface area contributed by atoms with Crippen molar-refractivity contribution in [3.8, 4) is 22.8 Å². The van der Waals surface area contributed by atoms with Gasteiger partial charge in [0, 0.05) is 11.1 Å². The molecule has 0 unspecified atom stereocenters. The quantitative estimate of drug-likeness (QED) is 0.476. The number of aryl methyl sites for hydroxylation is 1. The molecule has 6 heteroatoms. The van der Waals surface area contributed by atoms with Gasteiger partial charge in [0.1, 0.15) is 11.6 Å². The fourth-order valence-corrected chi connectivity index (χ4v) is 2.94. The van der Waals surface area contributed by atoms with Crippen LogP contribution < -0.4 is 5.32 Å². The van der Waals surface area contributed by atoms with Crippen LogP contribution in [0.4, 0.5) is 14.5 Å². The van der Waals surface area contributed by atoms with E-state index < -0.39 is 11.7 Å². The van der Waals surface area contributed by atoms with E-state index in [0.717, 1.165) is 5.56 Å². The van der Waals surface area contributed by atoms with Crippen LogP contribution in [0.5, 0.6) is 0 Å². The average Bonchev–Trinajstić information content (AvgIpc) is 3.21. The summed E-state index contributed by atoms with van der Waals surface area (Å²) in [5.41, 5.74) is 2.34. The van der Waals surface area contributed by atoms with Crippen LogP contribution >= 0.6 is 0 Å². The van der Waals surface area contributed by atoms with Gasteiger partial charge in [0.25, 0.3) is 5.91 Å². The molecule has 29 heavy (non-hydrogen) atoms. The van der Waals surface area contributed by atoms with Gasteiger partial charge in [-0.3, -0.25) is 4.79 Å². The van der Waals surface area contributed by atoms with Gasteiger partial charge in [-0.1, -0.05) is 18.2 Å². The lowest BCUT2D eigenvalue weighted by molar-refractivity contribution is 0.102. The average molecular weight is 390 g/mol. The molecule has 144 valence electrons. The first kappa shape index (κ1) is 18.6. The Morgan fingerprint density at radius 1 is 1.00 bits per heavy atom. The van der Waals surface area contributed by atoms with E-state index in [1.165, 1.54) is 24.4 Å². The highest BCUT2D eigenvalue weighted by atomic mass is 19.1. The standard InChI is InChI=1S/C23H16F2N2O2/c1-14-6-11-19(25)20(12-14)27-22(28)17-4-2-3-5-18(17)23-26-13-21(29-23)15-7-9-16(24)10-8-15/h2-13H,1H3,(H,27,28). The van der Waals surface area contributed by atoms with Gasteiger partial charge >= 0.3 is 0 Å². The van der Waals surface area contributed by atoms with Gasteiger partial charge in [-0.05, 0) is 61.0 Å². The van der Waals surface area contributed by atoms with E-state index in [1.54, 1.807) is 48.5 Å². The van der Waals surface area contributed by atoms with Gasteiger partial charge in [0.05, 0.1) is 17.4 Å². The Bertz CT molecular complexity index is 1180. The minimum absolute atomic E-state index is 0.101. The molecule has 1 N–H and O–H groups in total. The van der Waals surface area contributed by atoms with Gasteiger partial charge in [0.2, 0.25) is 5.89 Å². The second-order valence-electron chi connectivity index (χ2n) is 6.52. The Hall–Kier alpha value is -3.80. The molecule has 1 heterocycles. The Labute approximate surface area is 165 Å². The predicted octanol–water partition coefficient (Wildman–Crippen LogP) is 5.85. The smallest absolute Gasteiger partial charge is 0.256 e. The first-order valence-electron chi connectivity index (χ1n) is 8.90. The molecule has 0 atom stereocenters. The van der Waals surface area contributed by atoms with Crippen molar-refractivity contribution in [2.45, 2.75) is 6.92 Å². The van der Waals surface area contributed by atoms with Gasteiger partial charge in [-0.25, -0.2) is 13.8 Å². The zero-order valence-electron chi connectivity index (χ0n) is 15.4. The molecule has 1 amide bonds. The minimum atomic E-state index is -0.517. The van der Waals surface area contributed by atoms with Gasteiger partial charge < -0.3 is 9.73 Å². The van der Waals surface area contributed by atoms with Crippen molar-refractivity contribution in [3.63, 3.8) is 0 Å². The number of rotatable bonds is 4. The van der Waals surface area contributed by atoms with Crippen LogP contribution in [0.2, 0.25) is 0 Å². The van der Waals surface area contributed by atoms with Crippen LogP contribution in [-0.4, -0.2) is 10.9 Å². The van der Waals surface area contributed by atoms with E-state index in [0.29, 0.717) is 22.5 Å². The third kappa shape index (κ3) is 3.91. The number of aromatic nitrogens is 1. The summed E-state index contributed by atoms with van der Waals surface area (Å²) in [4.78, 5) is 17.0. The number of halogens is 2. The summed E-state index contributed by atoms with van der Waals surface area (Å²) in [7, 11) is 0. The molecular formula is C23H16F2N2O2. The zero-order chi connectivity index (χ0) is 20.4. The zero-order valence-corrected chi connectivity index (χ0v) is 15.4. The van der Waals surface area contributed by atoms with Gasteiger partial charge in [-0.15, -0.1) is 0 Å². The lowest BCUT2D eigenvalue weighted by atomic mass is 10.1. The van der Waals surface area contributed by atoms with E-state index in [1.807, 2.05) is 6.92 Å². The third-order valence-corrected chi connectivity index (χ3v) is 4.41. The van der Waals surface area contributed by atoms with Crippen molar-refractivity contribution < 1.29 is 18.0 Å². The Kier molecular flexibility index (Phi) is 4.91. The predicted molar refractivity (Wildman–Crippen MR) is 106 cm³/mol. The van der Waals surface area contributed by atoms with Crippen LogP contribution in [-0.2, 0) is 0 Å².